The van der Waals surface area contributed by atoms with E-state index in [2.05, 4.69) is 32.9 Å². The molecule has 0 amide bonds. The van der Waals surface area contributed by atoms with Crippen LogP contribution in [0.25, 0.3) is 0 Å². The SMILES string of the molecule is [c]1cccc(N2CCCn3nccc32)c1. The molecule has 1 radical (unpaired) electrons. The maximum absolute atomic E-state index is 4.30. The quantitative estimate of drug-likeness (QED) is 0.700. The van der Waals surface area contributed by atoms with Gasteiger partial charge in [-0.3, -0.25) is 0 Å². The van der Waals surface area contributed by atoms with Crippen molar-refractivity contribution < 1.29 is 0 Å². The summed E-state index contributed by atoms with van der Waals surface area (Å²) in [4.78, 5) is 2.28. The lowest BCUT2D eigenvalue weighted by molar-refractivity contribution is 0.542. The normalized spacial score (nSPS) is 15.1. The minimum absolute atomic E-state index is 1.02. The highest BCUT2D eigenvalue weighted by Crippen LogP contribution is 2.27. The van der Waals surface area contributed by atoms with Gasteiger partial charge in [-0.15, -0.1) is 0 Å². The summed E-state index contributed by atoms with van der Waals surface area (Å²) < 4.78 is 2.05. The Morgan fingerprint density at radius 2 is 2.27 bits per heavy atom. The van der Waals surface area contributed by atoms with Gasteiger partial charge in [0, 0.05) is 24.8 Å². The molecule has 2 heterocycles. The highest BCUT2D eigenvalue weighted by Gasteiger charge is 2.17. The van der Waals surface area contributed by atoms with Crippen molar-refractivity contribution in [2.75, 3.05) is 11.4 Å². The van der Waals surface area contributed by atoms with Crippen LogP contribution in [0.15, 0.2) is 36.5 Å². The molecule has 1 aliphatic heterocycles. The fourth-order valence-corrected chi connectivity index (χ4v) is 2.03. The molecule has 0 bridgehead atoms. The first-order valence-electron chi connectivity index (χ1n) is 5.20. The first kappa shape index (κ1) is 8.53. The van der Waals surface area contributed by atoms with Crippen LogP contribution in [0.2, 0.25) is 0 Å². The molecule has 0 unspecified atom stereocenters. The van der Waals surface area contributed by atoms with Gasteiger partial charge in [0.05, 0.1) is 6.20 Å². The molecule has 0 aliphatic carbocycles. The second kappa shape index (κ2) is 3.42. The molecule has 15 heavy (non-hydrogen) atoms. The Balaban J connectivity index is 2.03. The molecule has 2 aromatic rings. The maximum atomic E-state index is 4.30. The predicted molar refractivity (Wildman–Crippen MR) is 59.1 cm³/mol. The lowest BCUT2D eigenvalue weighted by Crippen LogP contribution is -2.27. The molecular weight excluding hydrogens is 186 g/mol. The van der Waals surface area contributed by atoms with E-state index in [0.29, 0.717) is 0 Å². The Labute approximate surface area is 88.9 Å². The number of anilines is 2. The van der Waals surface area contributed by atoms with Crippen molar-refractivity contribution in [3.05, 3.63) is 42.6 Å². The molecule has 0 atom stereocenters. The Kier molecular flexibility index (Phi) is 1.95. The summed E-state index contributed by atoms with van der Waals surface area (Å²) >= 11 is 0. The minimum atomic E-state index is 1.02. The standard InChI is InChI=1S/C12H12N3/c1-2-5-11(6-3-1)14-9-4-10-15-12(14)7-8-13-15/h1-2,5-8H,4,9-10H2. The number of aryl methyl sites for hydroxylation is 1. The van der Waals surface area contributed by atoms with Gasteiger partial charge in [-0.25, -0.2) is 4.68 Å². The molecular formula is C12H12N3. The monoisotopic (exact) mass is 198 g/mol. The third-order valence-corrected chi connectivity index (χ3v) is 2.72. The molecule has 0 N–H and O–H groups in total. The van der Waals surface area contributed by atoms with E-state index >= 15 is 0 Å². The van der Waals surface area contributed by atoms with Gasteiger partial charge in [-0.1, -0.05) is 12.1 Å². The smallest absolute Gasteiger partial charge is 0.131 e. The van der Waals surface area contributed by atoms with Crippen LogP contribution >= 0.6 is 0 Å². The second-order valence-electron chi connectivity index (χ2n) is 3.68. The maximum Gasteiger partial charge on any atom is 0.131 e. The van der Waals surface area contributed by atoms with E-state index in [0.717, 1.165) is 19.5 Å². The Hall–Kier alpha value is -1.77. The number of rotatable bonds is 1. The Bertz CT molecular complexity index is 447. The molecule has 75 valence electrons. The van der Waals surface area contributed by atoms with Crippen molar-refractivity contribution in [3.63, 3.8) is 0 Å². The van der Waals surface area contributed by atoms with Gasteiger partial charge in [-0.2, -0.15) is 5.10 Å². The number of benzene rings is 1. The van der Waals surface area contributed by atoms with Crippen LogP contribution in [0.3, 0.4) is 0 Å². The molecule has 1 aromatic heterocycles. The minimum Gasteiger partial charge on any atom is -0.327 e. The summed E-state index contributed by atoms with van der Waals surface area (Å²) in [7, 11) is 0. The number of nitrogens with zero attached hydrogens (tertiary/aromatic N) is 3. The van der Waals surface area contributed by atoms with E-state index in [4.69, 9.17) is 0 Å². The van der Waals surface area contributed by atoms with Crippen LogP contribution < -0.4 is 4.90 Å². The average molecular weight is 198 g/mol. The summed E-state index contributed by atoms with van der Waals surface area (Å²) in [6, 6.07) is 13.2. The van der Waals surface area contributed by atoms with Crippen LogP contribution in [-0.4, -0.2) is 16.3 Å². The number of aromatic nitrogens is 2. The number of fused-ring (bicyclic) bond motifs is 1. The van der Waals surface area contributed by atoms with Gasteiger partial charge in [0.15, 0.2) is 0 Å². The molecule has 0 saturated heterocycles. The van der Waals surface area contributed by atoms with E-state index < -0.39 is 0 Å². The molecule has 1 aliphatic rings. The van der Waals surface area contributed by atoms with Crippen LogP contribution in [-0.2, 0) is 6.54 Å². The van der Waals surface area contributed by atoms with E-state index in [1.165, 1.54) is 11.5 Å². The fourth-order valence-electron chi connectivity index (χ4n) is 2.03. The summed E-state index contributed by atoms with van der Waals surface area (Å²) in [5.41, 5.74) is 1.19. The largest absolute Gasteiger partial charge is 0.327 e. The van der Waals surface area contributed by atoms with Gasteiger partial charge in [-0.05, 0) is 24.6 Å². The van der Waals surface area contributed by atoms with E-state index in [-0.39, 0.29) is 0 Å². The molecule has 3 nitrogen and oxygen atoms in total. The zero-order valence-electron chi connectivity index (χ0n) is 8.43. The Morgan fingerprint density at radius 1 is 1.27 bits per heavy atom. The summed E-state index contributed by atoms with van der Waals surface area (Å²) in [5.74, 6) is 1.18. The molecule has 0 fully saturated rings. The van der Waals surface area contributed by atoms with Gasteiger partial charge in [0.1, 0.15) is 5.82 Å². The zero-order valence-corrected chi connectivity index (χ0v) is 8.43. The molecule has 0 spiro atoms. The summed E-state index contributed by atoms with van der Waals surface area (Å²) in [6.07, 6.45) is 3.00. The van der Waals surface area contributed by atoms with Crippen LogP contribution in [0.4, 0.5) is 11.5 Å². The lowest BCUT2D eigenvalue weighted by atomic mass is 10.2. The third kappa shape index (κ3) is 1.40. The highest BCUT2D eigenvalue weighted by atomic mass is 15.4. The molecule has 3 rings (SSSR count). The van der Waals surface area contributed by atoms with Crippen molar-refractivity contribution in [3.8, 4) is 0 Å². The predicted octanol–water partition coefficient (Wildman–Crippen LogP) is 2.23. The van der Waals surface area contributed by atoms with Crippen molar-refractivity contribution >= 4 is 11.5 Å². The average Bonchev–Trinajstić information content (AvgIpc) is 2.78. The van der Waals surface area contributed by atoms with Crippen molar-refractivity contribution in [2.24, 2.45) is 0 Å². The lowest BCUT2D eigenvalue weighted by Gasteiger charge is -2.29. The summed E-state index contributed by atoms with van der Waals surface area (Å²) in [6.45, 7) is 2.08. The molecule has 0 saturated carbocycles. The van der Waals surface area contributed by atoms with Gasteiger partial charge < -0.3 is 4.90 Å². The van der Waals surface area contributed by atoms with Crippen LogP contribution in [0.5, 0.6) is 0 Å². The fraction of sp³-hybridized carbons (Fsp3) is 0.250. The van der Waals surface area contributed by atoms with E-state index in [1.54, 1.807) is 0 Å². The highest BCUT2D eigenvalue weighted by molar-refractivity contribution is 5.60. The topological polar surface area (TPSA) is 21.1 Å². The van der Waals surface area contributed by atoms with Crippen molar-refractivity contribution in [1.29, 1.82) is 0 Å². The molecule has 3 heteroatoms. The van der Waals surface area contributed by atoms with Gasteiger partial charge >= 0.3 is 0 Å². The van der Waals surface area contributed by atoms with Crippen molar-refractivity contribution in [2.45, 2.75) is 13.0 Å². The van der Waals surface area contributed by atoms with Gasteiger partial charge in [0.2, 0.25) is 0 Å². The second-order valence-corrected chi connectivity index (χ2v) is 3.68. The first-order chi connectivity index (χ1) is 7.45. The first-order valence-corrected chi connectivity index (χ1v) is 5.20. The van der Waals surface area contributed by atoms with E-state index in [9.17, 15) is 0 Å². The van der Waals surface area contributed by atoms with Crippen LogP contribution in [0.1, 0.15) is 6.42 Å². The summed E-state index contributed by atoms with van der Waals surface area (Å²) in [5, 5.41) is 4.30. The van der Waals surface area contributed by atoms with Crippen LogP contribution in [0, 0.1) is 6.07 Å². The zero-order chi connectivity index (χ0) is 10.1. The number of hydrogen-bond acceptors (Lipinski definition) is 2. The van der Waals surface area contributed by atoms with E-state index in [1.807, 2.05) is 24.4 Å². The number of hydrogen-bond donors (Lipinski definition) is 0. The molecule has 1 aromatic carbocycles. The third-order valence-electron chi connectivity index (χ3n) is 2.72. The van der Waals surface area contributed by atoms with Gasteiger partial charge in [0.25, 0.3) is 0 Å². The Morgan fingerprint density at radius 3 is 3.13 bits per heavy atom. The van der Waals surface area contributed by atoms with Crippen molar-refractivity contribution in [1.82, 2.24) is 9.78 Å².